The predicted octanol–water partition coefficient (Wildman–Crippen LogP) is 3.00. The summed E-state index contributed by atoms with van der Waals surface area (Å²) in [6, 6.07) is 7.08. The van der Waals surface area contributed by atoms with Crippen molar-refractivity contribution in [3.8, 4) is 0 Å². The number of hydrogen-bond donors (Lipinski definition) is 1. The predicted molar refractivity (Wildman–Crippen MR) is 89.5 cm³/mol. The first-order valence-electron chi connectivity index (χ1n) is 7.54. The molecular weight excluding hydrogens is 312 g/mol. The smallest absolute Gasteiger partial charge is 0.252 e. The Morgan fingerprint density at radius 3 is 2.39 bits per heavy atom. The Kier molecular flexibility index (Phi) is 4.33. The van der Waals surface area contributed by atoms with E-state index in [9.17, 15) is 4.79 Å². The Hall–Kier alpha value is -2.35. The van der Waals surface area contributed by atoms with E-state index in [1.54, 1.807) is 0 Å². The van der Waals surface area contributed by atoms with Gasteiger partial charge in [0.15, 0.2) is 6.04 Å². The molecule has 1 atom stereocenters. The molecule has 23 heavy (non-hydrogen) atoms. The molecule has 120 valence electrons. The number of amides is 1. The summed E-state index contributed by atoms with van der Waals surface area (Å²) in [5, 5.41) is 21.1. The summed E-state index contributed by atoms with van der Waals surface area (Å²) in [6.07, 6.45) is 0.586. The summed E-state index contributed by atoms with van der Waals surface area (Å²) in [6.45, 7) is 6.01. The van der Waals surface area contributed by atoms with Crippen molar-refractivity contribution in [2.45, 2.75) is 39.2 Å². The number of anilines is 1. The van der Waals surface area contributed by atoms with Crippen LogP contribution in [0.1, 0.15) is 44.2 Å². The van der Waals surface area contributed by atoms with Crippen LogP contribution in [0.15, 0.2) is 24.3 Å². The van der Waals surface area contributed by atoms with Crippen molar-refractivity contribution in [3.63, 3.8) is 0 Å². The standard InChI is InChI=1S/C15H18N6OS/c1-4-12(21-19-10-7-5-6-8-11(10)20-21)13(22)16-15-18-17-14(23-15)9(2)3/h5-9,12H,4H2,1-3H3,(H,16,18,22)/t12-/m0/s1. The molecule has 0 spiro atoms. The van der Waals surface area contributed by atoms with Gasteiger partial charge in [0, 0.05) is 5.92 Å². The lowest BCUT2D eigenvalue weighted by Crippen LogP contribution is -2.27. The van der Waals surface area contributed by atoms with Crippen molar-refractivity contribution in [2.24, 2.45) is 0 Å². The molecule has 1 N–H and O–H groups in total. The van der Waals surface area contributed by atoms with E-state index in [4.69, 9.17) is 0 Å². The van der Waals surface area contributed by atoms with Gasteiger partial charge in [-0.25, -0.2) is 0 Å². The third-order valence-corrected chi connectivity index (χ3v) is 4.57. The minimum Gasteiger partial charge on any atom is -0.299 e. The van der Waals surface area contributed by atoms with Crippen LogP contribution in [0.25, 0.3) is 11.0 Å². The fourth-order valence-corrected chi connectivity index (χ4v) is 2.93. The quantitative estimate of drug-likeness (QED) is 0.777. The molecule has 1 aromatic carbocycles. The number of nitrogens with zero attached hydrogens (tertiary/aromatic N) is 5. The summed E-state index contributed by atoms with van der Waals surface area (Å²) in [5.74, 6) is 0.109. The van der Waals surface area contributed by atoms with E-state index >= 15 is 0 Å². The van der Waals surface area contributed by atoms with Gasteiger partial charge in [0.05, 0.1) is 0 Å². The molecule has 3 rings (SSSR count). The molecule has 0 bridgehead atoms. The Morgan fingerprint density at radius 2 is 1.87 bits per heavy atom. The van der Waals surface area contributed by atoms with Gasteiger partial charge in [0.25, 0.3) is 5.91 Å². The second-order valence-electron chi connectivity index (χ2n) is 5.52. The Morgan fingerprint density at radius 1 is 1.22 bits per heavy atom. The lowest BCUT2D eigenvalue weighted by molar-refractivity contribution is -0.119. The number of nitrogens with one attached hydrogen (secondary N) is 1. The minimum absolute atomic E-state index is 0.181. The van der Waals surface area contributed by atoms with E-state index in [2.05, 4.69) is 25.7 Å². The first kappa shape index (κ1) is 15.5. The number of aromatic nitrogens is 5. The van der Waals surface area contributed by atoms with Crippen LogP contribution in [0, 0.1) is 0 Å². The zero-order valence-electron chi connectivity index (χ0n) is 13.2. The van der Waals surface area contributed by atoms with Crippen LogP contribution >= 0.6 is 11.3 Å². The zero-order chi connectivity index (χ0) is 16.4. The highest BCUT2D eigenvalue weighted by molar-refractivity contribution is 7.15. The van der Waals surface area contributed by atoms with E-state index in [1.165, 1.54) is 16.1 Å². The fourth-order valence-electron chi connectivity index (χ4n) is 2.18. The third kappa shape index (κ3) is 3.21. The largest absolute Gasteiger partial charge is 0.299 e. The first-order chi connectivity index (χ1) is 11.1. The van der Waals surface area contributed by atoms with Crippen LogP contribution in [0.5, 0.6) is 0 Å². The summed E-state index contributed by atoms with van der Waals surface area (Å²) < 4.78 is 0. The van der Waals surface area contributed by atoms with E-state index in [-0.39, 0.29) is 5.91 Å². The first-order valence-corrected chi connectivity index (χ1v) is 8.36. The van der Waals surface area contributed by atoms with Crippen LogP contribution in [0.3, 0.4) is 0 Å². The summed E-state index contributed by atoms with van der Waals surface area (Å²) in [7, 11) is 0. The summed E-state index contributed by atoms with van der Waals surface area (Å²) >= 11 is 1.39. The Balaban J connectivity index is 1.80. The second kappa shape index (κ2) is 6.41. The number of benzene rings is 1. The van der Waals surface area contributed by atoms with Crippen LogP contribution in [-0.2, 0) is 4.79 Å². The normalized spacial score (nSPS) is 12.7. The van der Waals surface area contributed by atoms with Crippen LogP contribution in [0.2, 0.25) is 0 Å². The van der Waals surface area contributed by atoms with E-state index in [0.717, 1.165) is 16.0 Å². The van der Waals surface area contributed by atoms with Crippen molar-refractivity contribution in [2.75, 3.05) is 5.32 Å². The maximum absolute atomic E-state index is 12.5. The fraction of sp³-hybridized carbons (Fsp3) is 0.400. The minimum atomic E-state index is -0.478. The van der Waals surface area contributed by atoms with Gasteiger partial charge in [0.1, 0.15) is 16.0 Å². The van der Waals surface area contributed by atoms with Gasteiger partial charge in [-0.3, -0.25) is 10.1 Å². The average molecular weight is 330 g/mol. The zero-order valence-corrected chi connectivity index (χ0v) is 14.0. The molecule has 2 aromatic heterocycles. The summed E-state index contributed by atoms with van der Waals surface area (Å²) in [5.41, 5.74) is 1.55. The van der Waals surface area contributed by atoms with Gasteiger partial charge in [-0.2, -0.15) is 15.0 Å². The molecule has 0 unspecified atom stereocenters. The molecule has 0 aliphatic rings. The van der Waals surface area contributed by atoms with Gasteiger partial charge in [-0.15, -0.1) is 10.2 Å². The van der Waals surface area contributed by atoms with Crippen molar-refractivity contribution >= 4 is 33.4 Å². The maximum Gasteiger partial charge on any atom is 0.252 e. The molecule has 2 heterocycles. The highest BCUT2D eigenvalue weighted by Crippen LogP contribution is 2.23. The van der Waals surface area contributed by atoms with Gasteiger partial charge in [-0.05, 0) is 18.6 Å². The van der Waals surface area contributed by atoms with Crippen molar-refractivity contribution in [3.05, 3.63) is 29.3 Å². The molecule has 7 nitrogen and oxygen atoms in total. The van der Waals surface area contributed by atoms with Gasteiger partial charge in [-0.1, -0.05) is 44.2 Å². The van der Waals surface area contributed by atoms with Crippen molar-refractivity contribution in [1.82, 2.24) is 25.2 Å². The molecule has 0 saturated carbocycles. The topological polar surface area (TPSA) is 85.6 Å². The number of fused-ring (bicyclic) bond motifs is 1. The van der Waals surface area contributed by atoms with Crippen LogP contribution < -0.4 is 5.32 Å². The second-order valence-corrected chi connectivity index (χ2v) is 6.53. The molecule has 1 amide bonds. The number of carbonyl (C=O) groups is 1. The van der Waals surface area contributed by atoms with E-state index < -0.39 is 6.04 Å². The highest BCUT2D eigenvalue weighted by atomic mass is 32.1. The summed E-state index contributed by atoms with van der Waals surface area (Å²) in [4.78, 5) is 14.0. The Labute approximate surface area is 137 Å². The van der Waals surface area contributed by atoms with Crippen LogP contribution in [0.4, 0.5) is 5.13 Å². The molecule has 3 aromatic rings. The molecule has 0 fully saturated rings. The third-order valence-electron chi connectivity index (χ3n) is 3.43. The number of hydrogen-bond acceptors (Lipinski definition) is 6. The van der Waals surface area contributed by atoms with Gasteiger partial charge in [0.2, 0.25) is 5.13 Å². The molecule has 0 aliphatic carbocycles. The number of carbonyl (C=O) groups excluding carboxylic acids is 1. The molecule has 8 heteroatoms. The van der Waals surface area contributed by atoms with Gasteiger partial charge >= 0.3 is 0 Å². The molecule has 0 radical (unpaired) electrons. The average Bonchev–Trinajstić information content (AvgIpc) is 3.14. The molecular formula is C15H18N6OS. The SMILES string of the molecule is CC[C@@H](C(=O)Nc1nnc(C(C)C)s1)n1nc2ccccc2n1. The van der Waals surface area contributed by atoms with E-state index in [0.29, 0.717) is 17.5 Å². The number of rotatable bonds is 5. The van der Waals surface area contributed by atoms with Crippen molar-refractivity contribution in [1.29, 1.82) is 0 Å². The lowest BCUT2D eigenvalue weighted by Gasteiger charge is -2.12. The molecule has 0 saturated heterocycles. The molecule has 0 aliphatic heterocycles. The van der Waals surface area contributed by atoms with E-state index in [1.807, 2.05) is 45.0 Å². The highest BCUT2D eigenvalue weighted by Gasteiger charge is 2.22. The van der Waals surface area contributed by atoms with Crippen molar-refractivity contribution < 1.29 is 4.79 Å². The van der Waals surface area contributed by atoms with Gasteiger partial charge < -0.3 is 0 Å². The van der Waals surface area contributed by atoms with Crippen LogP contribution in [-0.4, -0.2) is 31.1 Å². The lowest BCUT2D eigenvalue weighted by atomic mass is 10.2. The monoisotopic (exact) mass is 330 g/mol. The Bertz CT molecular complexity index is 791. The maximum atomic E-state index is 12.5.